The molecule has 148 heavy (non-hydrogen) atoms. The first-order chi connectivity index (χ1) is 70.9. The second kappa shape index (κ2) is 51.3. The third kappa shape index (κ3) is 26.2. The molecule has 0 spiro atoms. The molecule has 4 aliphatic heterocycles. The molecule has 4 aliphatic rings. The predicted octanol–water partition coefficient (Wildman–Crippen LogP) is 12.6. The van der Waals surface area contributed by atoms with Crippen LogP contribution in [-0.2, 0) is 51.2 Å². The average Bonchev–Trinajstić information content (AvgIpc) is 0.961. The molecule has 39 heteroatoms. The number of anilines is 2. The number of aromatic nitrogens is 14. The van der Waals surface area contributed by atoms with Crippen LogP contribution >= 0.6 is 0 Å². The Hall–Kier alpha value is -12.2. The van der Waals surface area contributed by atoms with Gasteiger partial charge in [0, 0.05) is 80.0 Å². The first-order valence-corrected chi connectivity index (χ1v) is 55.8. The molecule has 8 N–H and O–H groups in total. The van der Waals surface area contributed by atoms with Crippen LogP contribution in [0.3, 0.4) is 0 Å². The second-order valence-electron chi connectivity index (χ2n) is 40.3. The summed E-state index contributed by atoms with van der Waals surface area (Å²) in [6, 6.07) is 67.2. The lowest BCUT2D eigenvalue weighted by Gasteiger charge is -2.43. The number of ether oxygens (including phenoxy) is 8. The first kappa shape index (κ1) is 113. The Morgan fingerprint density at radius 3 is 1.05 bits per heavy atom. The summed E-state index contributed by atoms with van der Waals surface area (Å²) < 4.78 is 75.7. The van der Waals surface area contributed by atoms with E-state index in [2.05, 4.69) is 296 Å². The number of rotatable bonds is 32. The van der Waals surface area contributed by atoms with E-state index in [0.717, 1.165) is 28.7 Å². The van der Waals surface area contributed by atoms with Crippen molar-refractivity contribution in [1.82, 2.24) is 82.8 Å². The van der Waals surface area contributed by atoms with Crippen LogP contribution in [0.4, 0.5) is 23.3 Å². The lowest BCUT2D eigenvalue weighted by Crippen LogP contribution is -2.67. The Balaban J connectivity index is 0.000000163. The van der Waals surface area contributed by atoms with E-state index in [1.165, 1.54) is 56.4 Å². The number of nitrogens with two attached hydrogens (primary N) is 2. The Morgan fingerprint density at radius 1 is 0.432 bits per heavy atom. The number of methoxy groups -OCH3 is 1. The summed E-state index contributed by atoms with van der Waals surface area (Å²) in [4.78, 5) is 57.3. The summed E-state index contributed by atoms with van der Waals surface area (Å²) in [5.41, 5.74) is 15.3. The van der Waals surface area contributed by atoms with Gasteiger partial charge in [0.2, 0.25) is 0 Å². The smallest absolute Gasteiger partial charge is 0.261 e. The molecule has 4 saturated heterocycles. The van der Waals surface area contributed by atoms with Crippen LogP contribution in [0, 0.1) is 0 Å². The average molecular weight is 2080 g/mol. The van der Waals surface area contributed by atoms with E-state index >= 15 is 0 Å². The maximum Gasteiger partial charge on any atom is 0.261 e. The van der Waals surface area contributed by atoms with Crippen molar-refractivity contribution in [2.75, 3.05) is 101 Å². The Morgan fingerprint density at radius 2 is 0.750 bits per heavy atom. The van der Waals surface area contributed by atoms with Gasteiger partial charge in [-0.3, -0.25) is 14.0 Å². The van der Waals surface area contributed by atoms with E-state index in [1.54, 1.807) is 47.9 Å². The van der Waals surface area contributed by atoms with E-state index in [0.29, 0.717) is 84.5 Å². The highest BCUT2D eigenvalue weighted by molar-refractivity contribution is 7.00. The molecule has 0 saturated carbocycles. The largest absolute Gasteiger partial charge is 0.502 e. The number of hydrogen-bond acceptors (Lipinski definition) is 30. The molecule has 6 unspecified atom stereocenters. The van der Waals surface area contributed by atoms with Crippen molar-refractivity contribution in [2.45, 2.75) is 217 Å². The number of fused-ring (bicyclic) bond motifs is 4. The van der Waals surface area contributed by atoms with Gasteiger partial charge in [-0.2, -0.15) is 0 Å². The van der Waals surface area contributed by atoms with Gasteiger partial charge in [0.1, 0.15) is 103 Å². The summed E-state index contributed by atoms with van der Waals surface area (Å²) in [6.45, 7) is 33.4. The minimum Gasteiger partial charge on any atom is -0.502 e. The van der Waals surface area contributed by atoms with Gasteiger partial charge in [0.05, 0.1) is 99.8 Å². The maximum absolute atomic E-state index is 11.1. The Bertz CT molecular complexity index is 6410. The monoisotopic (exact) mass is 2070 g/mol. The summed E-state index contributed by atoms with van der Waals surface area (Å²) in [5, 5.41) is 49.3. The summed E-state index contributed by atoms with van der Waals surface area (Å²) >= 11 is 0. The minimum atomic E-state index is -2.77. The van der Waals surface area contributed by atoms with Crippen molar-refractivity contribution >= 4 is 136 Å². The van der Waals surface area contributed by atoms with Crippen molar-refractivity contribution in [3.8, 4) is 0 Å². The SMILES string of the molecule is C=COCC.CC(C)(C)[Si](OC[C@H]1O[C@@H](n2cnc3c(N)ncnc32)CC1O)(c1ccccc1)c1ccccc1.CCOC(C)OC1C[C@H](n2ccc3c(N=CN(C)C)ncnc32)O[C@@H]1CO[Si](c1ccccc1)(c1ccccc1)C(C)(C)C.CN(C)C=Nc1ncnc2c1ccn2[C@H]1CC(O)[C@@H](CO[Si](c2ccccc2)(c2ccccc2)C(C)(C)C)O1.COC(C)N(C)C.Nc1ncnc2c1ncn2[C@H]1CC(O)[C@@H](CO)O1. The topological polar surface area (TPSA) is 418 Å². The standard InChI is InChI=1S/C34H45N5O4Si.C30H37N5O3Si.C26H31N5O3Si.C10H13N5O3.C5H13NO.C4H8O/c1-8-40-25(2)42-29-21-31(39-20-19-28-32(37-24-38(6)7)35-23-36-33(28)39)43-30(29)22-41-44(34(3,4)5,26-15-11-9-12-16-26)27-17-13-10-14-18-27;1-30(2,3)39(22-12-8-6-9-13-22,23-14-10-7-11-15-23)37-19-26-25(36)18-27(38-26)35-17-16-24-28(33-21-34(4)5)31-20-32-29(24)35;1-26(2,3)35(18-10-6-4-7-11-18,19-12-8-5-9-13-19)33-15-21-20(32)14-22(34-21)31-17-30-23-24(27)28-16-29-25(23)31;11-9-8-10(13-3-12-9)15(4-14-8)7-1-5(17)6(2-16)18-7;1-5(7-4)6(2)3;1-3-5-4-2/h9-20,23-25,29-31H,8,21-22H2,1-7H3;6-17,20-21,25-27,36H,18-19H2,1-5H3;4-13,16-17,20-22,32H,14-15H2,1-3H3,(H2,27,28,29);3-7,16-17H,1-2H2,(H2,11,12,13);5H,1-4H3;3H,1,4H2,2H3/t25?,29?,30-,31-;25?,26-,27-;20?,21-,22-;5?,6-,7-;;/m1111../s1. The van der Waals surface area contributed by atoms with E-state index in [-0.39, 0.29) is 72.1 Å². The molecular weight excluding hydrogens is 1930 g/mol. The summed E-state index contributed by atoms with van der Waals surface area (Å²) in [6.07, 6.45) is 13.9. The van der Waals surface area contributed by atoms with Crippen LogP contribution in [0.1, 0.15) is 141 Å². The van der Waals surface area contributed by atoms with Gasteiger partial charge in [0.25, 0.3) is 25.0 Å². The van der Waals surface area contributed by atoms with Crippen molar-refractivity contribution in [3.63, 3.8) is 0 Å². The highest BCUT2D eigenvalue weighted by atomic mass is 28.4. The normalized spacial score (nSPS) is 20.6. The zero-order valence-corrected chi connectivity index (χ0v) is 91.6. The number of aliphatic imine (C=N–C) groups is 2. The lowest BCUT2D eigenvalue weighted by atomic mass is 10.2. The van der Waals surface area contributed by atoms with Crippen LogP contribution in [0.25, 0.3) is 44.4 Å². The Labute approximate surface area is 870 Å². The molecule has 4 fully saturated rings. The zero-order chi connectivity index (χ0) is 106. The molecule has 18 rings (SSSR count). The van der Waals surface area contributed by atoms with Crippen LogP contribution < -0.4 is 42.6 Å². The fourth-order valence-corrected chi connectivity index (χ4v) is 32.8. The van der Waals surface area contributed by atoms with E-state index < -0.39 is 74.0 Å². The number of benzene rings is 6. The van der Waals surface area contributed by atoms with Crippen molar-refractivity contribution in [3.05, 3.63) is 257 Å². The highest BCUT2D eigenvalue weighted by Gasteiger charge is 2.55. The number of imidazole rings is 2. The van der Waals surface area contributed by atoms with Crippen LogP contribution in [0.15, 0.2) is 267 Å². The minimum absolute atomic E-state index is 0.153. The number of nitrogens with zero attached hydrogens (tertiary/aromatic N) is 19. The maximum atomic E-state index is 11.1. The first-order valence-electron chi connectivity index (χ1n) is 50.1. The molecule has 0 bridgehead atoms. The molecule has 14 atom stereocenters. The van der Waals surface area contributed by atoms with Crippen LogP contribution in [0.5, 0.6) is 0 Å². The van der Waals surface area contributed by atoms with Crippen LogP contribution in [0.2, 0.25) is 15.1 Å². The summed E-state index contributed by atoms with van der Waals surface area (Å²) in [5.74, 6) is 1.83. The molecule has 0 amide bonds. The van der Waals surface area contributed by atoms with Gasteiger partial charge in [-0.1, -0.05) is 251 Å². The fourth-order valence-electron chi connectivity index (χ4n) is 19.1. The van der Waals surface area contributed by atoms with Gasteiger partial charge >= 0.3 is 0 Å². The molecule has 790 valence electrons. The molecule has 8 aromatic heterocycles. The fraction of sp³-hybridized carbons (Fsp3) is 0.431. The van der Waals surface area contributed by atoms with Gasteiger partial charge in [-0.25, -0.2) is 59.8 Å². The van der Waals surface area contributed by atoms with E-state index in [9.17, 15) is 15.3 Å². The van der Waals surface area contributed by atoms with Gasteiger partial charge in [0.15, 0.2) is 40.9 Å². The zero-order valence-electron chi connectivity index (χ0n) is 88.6. The van der Waals surface area contributed by atoms with E-state index in [1.807, 2.05) is 138 Å². The molecule has 14 aromatic rings. The lowest BCUT2D eigenvalue weighted by molar-refractivity contribution is -0.172. The third-order valence-corrected chi connectivity index (χ3v) is 41.6. The second-order valence-corrected chi connectivity index (χ2v) is 53.2. The summed E-state index contributed by atoms with van der Waals surface area (Å²) in [7, 11) is 5.09. The number of hydrogen-bond donors (Lipinski definition) is 6. The van der Waals surface area contributed by atoms with E-state index in [4.69, 9.17) is 63.0 Å². The Kier molecular flexibility index (Phi) is 39.2. The quantitative estimate of drug-likeness (QED) is 0.00749. The molecular formula is C109H147N21O15Si3. The molecule has 0 aliphatic carbocycles. The number of aliphatic hydroxyl groups excluding tert-OH is 4. The van der Waals surface area contributed by atoms with Crippen molar-refractivity contribution in [2.24, 2.45) is 9.98 Å². The molecule has 0 radical (unpaired) electrons. The van der Waals surface area contributed by atoms with Crippen molar-refractivity contribution < 1.29 is 71.6 Å². The third-order valence-electron chi connectivity index (χ3n) is 26.5. The van der Waals surface area contributed by atoms with Gasteiger partial charge < -0.3 is 102 Å². The van der Waals surface area contributed by atoms with Crippen LogP contribution in [-0.4, -0.2) is 291 Å². The van der Waals surface area contributed by atoms with Gasteiger partial charge in [-0.05, 0) is 100 Å². The number of aliphatic hydroxyl groups is 4. The molecule has 12 heterocycles. The predicted molar refractivity (Wildman–Crippen MR) is 586 cm³/mol. The molecule has 6 aromatic carbocycles. The van der Waals surface area contributed by atoms with Gasteiger partial charge in [-0.15, -0.1) is 0 Å². The highest BCUT2D eigenvalue weighted by Crippen LogP contribution is 2.45. The number of nitrogen functional groups attached to an aromatic ring is 2. The van der Waals surface area contributed by atoms with Crippen molar-refractivity contribution in [1.29, 1.82) is 0 Å². The molecule has 36 nitrogen and oxygen atoms in total.